The van der Waals surface area contributed by atoms with E-state index in [0.717, 1.165) is 76.7 Å². The first-order valence-corrected chi connectivity index (χ1v) is 18.2. The molecule has 3 heterocycles. The van der Waals surface area contributed by atoms with Gasteiger partial charge in [-0.3, -0.25) is 19.7 Å². The summed E-state index contributed by atoms with van der Waals surface area (Å²) in [7, 11) is 1.79. The molecule has 0 saturated heterocycles. The van der Waals surface area contributed by atoms with E-state index in [-0.39, 0.29) is 24.0 Å². The Kier molecular flexibility index (Phi) is 7.47. The van der Waals surface area contributed by atoms with Gasteiger partial charge >= 0.3 is 0 Å². The Balaban J connectivity index is 1.15. The highest BCUT2D eigenvalue weighted by molar-refractivity contribution is 8.13. The SMILES string of the molecule is COC1CCC2(CC1)Cc1ccc(C#CC3CC3)cc1C21N=C(SCc2cnc3ccccc3n2)N(Cc2cnc3ccccc3n2)C1=O. The Morgan fingerprint density at radius 1 is 0.878 bits per heavy atom. The van der Waals surface area contributed by atoms with Crippen LogP contribution in [-0.2, 0) is 33.8 Å². The molecule has 4 aliphatic rings. The number of benzene rings is 3. The number of rotatable bonds is 5. The average molecular weight is 665 g/mol. The molecule has 0 radical (unpaired) electrons. The smallest absolute Gasteiger partial charge is 0.262 e. The Morgan fingerprint density at radius 2 is 1.55 bits per heavy atom. The molecule has 3 aromatic carbocycles. The van der Waals surface area contributed by atoms with Crippen molar-refractivity contribution in [3.8, 4) is 11.8 Å². The topological polar surface area (TPSA) is 93.5 Å². The number of para-hydroxylation sites is 4. The zero-order valence-electron chi connectivity index (χ0n) is 27.4. The third-order valence-corrected chi connectivity index (χ3v) is 11.7. The summed E-state index contributed by atoms with van der Waals surface area (Å²) in [5.74, 6) is 7.87. The fourth-order valence-electron chi connectivity index (χ4n) is 8.00. The predicted molar refractivity (Wildman–Crippen MR) is 191 cm³/mol. The zero-order valence-corrected chi connectivity index (χ0v) is 28.2. The van der Waals surface area contributed by atoms with Crippen LogP contribution in [0.2, 0.25) is 0 Å². The van der Waals surface area contributed by atoms with Crippen molar-refractivity contribution in [1.29, 1.82) is 0 Å². The number of amides is 1. The molecule has 2 saturated carbocycles. The number of hydrogen-bond donors (Lipinski definition) is 0. The van der Waals surface area contributed by atoms with Crippen molar-refractivity contribution in [2.45, 2.75) is 68.9 Å². The molecule has 1 atom stereocenters. The van der Waals surface area contributed by atoms with E-state index >= 15 is 4.79 Å². The number of fused-ring (bicyclic) bond motifs is 5. The second-order valence-corrected chi connectivity index (χ2v) is 14.7. The van der Waals surface area contributed by atoms with Gasteiger partial charge in [0.2, 0.25) is 0 Å². The summed E-state index contributed by atoms with van der Waals surface area (Å²) < 4.78 is 5.82. The molecule has 49 heavy (non-hydrogen) atoms. The number of carbonyl (C=O) groups excluding carboxylic acids is 1. The lowest BCUT2D eigenvalue weighted by atomic mass is 9.61. The van der Waals surface area contributed by atoms with Gasteiger partial charge in [-0.1, -0.05) is 53.9 Å². The van der Waals surface area contributed by atoms with Crippen LogP contribution in [0.1, 0.15) is 66.6 Å². The van der Waals surface area contributed by atoms with Crippen molar-refractivity contribution in [2.24, 2.45) is 16.3 Å². The van der Waals surface area contributed by atoms with Crippen molar-refractivity contribution < 1.29 is 9.53 Å². The second-order valence-electron chi connectivity index (χ2n) is 13.8. The maximum absolute atomic E-state index is 15.4. The number of thioether (sulfide) groups is 1. The molecule has 5 aromatic rings. The minimum atomic E-state index is -1.06. The lowest BCUT2D eigenvalue weighted by Crippen LogP contribution is -2.51. The van der Waals surface area contributed by atoms with E-state index in [2.05, 4.69) is 40.0 Å². The summed E-state index contributed by atoms with van der Waals surface area (Å²) in [6, 6.07) is 22.2. The molecule has 1 unspecified atom stereocenters. The number of aliphatic imine (C=N–C) groups is 1. The molecule has 9 heteroatoms. The number of hydrogen-bond acceptors (Lipinski definition) is 8. The Hall–Kier alpha value is -4.65. The van der Waals surface area contributed by atoms with Gasteiger partial charge in [0, 0.05) is 36.0 Å². The molecule has 0 bridgehead atoms. The molecule has 9 rings (SSSR count). The maximum atomic E-state index is 15.4. The molecule has 3 aliphatic carbocycles. The van der Waals surface area contributed by atoms with Crippen molar-refractivity contribution in [1.82, 2.24) is 24.8 Å². The summed E-state index contributed by atoms with van der Waals surface area (Å²) in [6.07, 6.45) is 10.5. The fraction of sp³-hybridized carbons (Fsp3) is 0.350. The largest absolute Gasteiger partial charge is 0.381 e. The number of methoxy groups -OCH3 is 1. The Labute approximate surface area is 289 Å². The maximum Gasteiger partial charge on any atom is 0.262 e. The van der Waals surface area contributed by atoms with Gasteiger partial charge in [-0.25, -0.2) is 15.0 Å². The minimum Gasteiger partial charge on any atom is -0.381 e. The molecule has 2 fully saturated rings. The van der Waals surface area contributed by atoms with Gasteiger partial charge in [0.25, 0.3) is 5.91 Å². The van der Waals surface area contributed by atoms with Crippen LogP contribution in [0.3, 0.4) is 0 Å². The normalized spacial score (nSPS) is 24.4. The zero-order chi connectivity index (χ0) is 33.0. The predicted octanol–water partition coefficient (Wildman–Crippen LogP) is 6.99. The van der Waals surface area contributed by atoms with Gasteiger partial charge in [-0.2, -0.15) is 0 Å². The van der Waals surface area contributed by atoms with Crippen molar-refractivity contribution in [2.75, 3.05) is 7.11 Å². The number of amidine groups is 1. The summed E-state index contributed by atoms with van der Waals surface area (Å²) in [4.78, 5) is 42.0. The first-order chi connectivity index (χ1) is 24.0. The highest BCUT2D eigenvalue weighted by Gasteiger charge is 2.66. The molecular weight excluding hydrogens is 629 g/mol. The Bertz CT molecular complexity index is 2210. The fourth-order valence-corrected chi connectivity index (χ4v) is 8.92. The molecule has 1 amide bonds. The third kappa shape index (κ3) is 5.29. The first kappa shape index (κ1) is 30.4. The third-order valence-electron chi connectivity index (χ3n) is 10.7. The van der Waals surface area contributed by atoms with Gasteiger partial charge in [-0.05, 0) is 92.5 Å². The quantitative estimate of drug-likeness (QED) is 0.187. The van der Waals surface area contributed by atoms with Gasteiger partial charge in [-0.15, -0.1) is 0 Å². The lowest BCUT2D eigenvalue weighted by Gasteiger charge is -2.45. The molecule has 2 aromatic heterocycles. The molecule has 1 aliphatic heterocycles. The van der Waals surface area contributed by atoms with Crippen LogP contribution in [0.25, 0.3) is 22.1 Å². The van der Waals surface area contributed by atoms with Crippen molar-refractivity contribution in [3.05, 3.63) is 107 Å². The molecule has 244 valence electrons. The lowest BCUT2D eigenvalue weighted by molar-refractivity contribution is -0.138. The Morgan fingerprint density at radius 3 is 2.24 bits per heavy atom. The van der Waals surface area contributed by atoms with E-state index in [4.69, 9.17) is 19.7 Å². The number of carbonyl (C=O) groups is 1. The summed E-state index contributed by atoms with van der Waals surface area (Å²) in [5.41, 5.74) is 6.64. The van der Waals surface area contributed by atoms with Crippen LogP contribution in [0.4, 0.5) is 0 Å². The van der Waals surface area contributed by atoms with E-state index in [9.17, 15) is 0 Å². The minimum absolute atomic E-state index is 0.0106. The molecule has 0 N–H and O–H groups in total. The van der Waals surface area contributed by atoms with Crippen LogP contribution in [0.5, 0.6) is 0 Å². The van der Waals surface area contributed by atoms with Crippen LogP contribution < -0.4 is 0 Å². The van der Waals surface area contributed by atoms with Crippen molar-refractivity contribution >= 4 is 44.9 Å². The van der Waals surface area contributed by atoms with Crippen LogP contribution in [0, 0.1) is 23.2 Å². The monoisotopic (exact) mass is 664 g/mol. The van der Waals surface area contributed by atoms with Crippen LogP contribution in [-0.4, -0.2) is 49.1 Å². The van der Waals surface area contributed by atoms with E-state index < -0.39 is 5.54 Å². The summed E-state index contributed by atoms with van der Waals surface area (Å²) >= 11 is 1.55. The molecule has 2 spiro atoms. The van der Waals surface area contributed by atoms with Crippen LogP contribution >= 0.6 is 11.8 Å². The van der Waals surface area contributed by atoms with E-state index in [1.54, 1.807) is 25.1 Å². The van der Waals surface area contributed by atoms with Gasteiger partial charge < -0.3 is 4.74 Å². The molecule has 8 nitrogen and oxygen atoms in total. The second kappa shape index (κ2) is 12.0. The van der Waals surface area contributed by atoms with Gasteiger partial charge in [0.1, 0.15) is 0 Å². The van der Waals surface area contributed by atoms with Gasteiger partial charge in [0.15, 0.2) is 10.7 Å². The van der Waals surface area contributed by atoms with E-state index in [0.29, 0.717) is 16.8 Å². The number of aromatic nitrogens is 4. The van der Waals surface area contributed by atoms with E-state index in [1.807, 2.05) is 59.6 Å². The van der Waals surface area contributed by atoms with E-state index in [1.165, 1.54) is 18.4 Å². The molecular formula is C40H36N6O2S. The van der Waals surface area contributed by atoms with Crippen molar-refractivity contribution in [3.63, 3.8) is 0 Å². The standard InChI is InChI=1S/C40H36N6O2S/c1-48-31-16-18-39(19-17-31)21-28-15-14-27(13-12-26-10-11-26)20-32(28)40(39)37(47)46(24-29-22-41-33-6-2-4-8-35(33)43-29)38(45-40)49-25-30-23-42-34-7-3-5-9-36(34)44-30/h2-9,14-15,20,22-23,26,31H,10-11,16-19,21,24-25H2,1H3. The first-order valence-electron chi connectivity index (χ1n) is 17.2. The number of nitrogens with zero attached hydrogens (tertiary/aromatic N) is 6. The summed E-state index contributed by atoms with van der Waals surface area (Å²) in [6.45, 7) is 0.279. The highest BCUT2D eigenvalue weighted by atomic mass is 32.2. The summed E-state index contributed by atoms with van der Waals surface area (Å²) in [5, 5.41) is 0.686. The highest BCUT2D eigenvalue weighted by Crippen LogP contribution is 2.62. The number of ether oxygens (including phenoxy) is 1. The van der Waals surface area contributed by atoms with Crippen LogP contribution in [0.15, 0.2) is 84.1 Å². The van der Waals surface area contributed by atoms with Gasteiger partial charge in [0.05, 0.1) is 52.3 Å². The average Bonchev–Trinajstić information content (AvgIpc) is 3.89.